The van der Waals surface area contributed by atoms with Crippen molar-refractivity contribution >= 4 is 28.3 Å². The van der Waals surface area contributed by atoms with Crippen LogP contribution in [0, 0.1) is 12.7 Å². The Labute approximate surface area is 171 Å². The summed E-state index contributed by atoms with van der Waals surface area (Å²) in [5.41, 5.74) is 2.69. The fourth-order valence-electron chi connectivity index (χ4n) is 3.13. The number of fused-ring (bicyclic) bond motifs is 1. The van der Waals surface area contributed by atoms with Crippen LogP contribution in [0.15, 0.2) is 47.8 Å². The number of pyridine rings is 1. The molecule has 3 heterocycles. The molecule has 0 bridgehead atoms. The molecule has 0 atom stereocenters. The van der Waals surface area contributed by atoms with Crippen LogP contribution in [0.1, 0.15) is 16.1 Å². The Morgan fingerprint density at radius 1 is 1.28 bits per heavy atom. The number of benzene rings is 1. The highest BCUT2D eigenvalue weighted by atomic mass is 32.1. The van der Waals surface area contributed by atoms with Crippen molar-refractivity contribution in [2.45, 2.75) is 6.92 Å². The largest absolute Gasteiger partial charge is 0.492 e. The van der Waals surface area contributed by atoms with Gasteiger partial charge in [0.05, 0.1) is 33.8 Å². The molecule has 0 radical (unpaired) electrons. The van der Waals surface area contributed by atoms with Gasteiger partial charge < -0.3 is 10.1 Å². The van der Waals surface area contributed by atoms with Gasteiger partial charge in [-0.05, 0) is 48.7 Å². The molecule has 0 aliphatic heterocycles. The molecule has 0 aliphatic carbocycles. The summed E-state index contributed by atoms with van der Waals surface area (Å²) in [5.74, 6) is 0.0183. The number of hydrogen-bond acceptors (Lipinski definition) is 5. The summed E-state index contributed by atoms with van der Waals surface area (Å²) >= 11 is 1.57. The van der Waals surface area contributed by atoms with Gasteiger partial charge >= 0.3 is 0 Å². The van der Waals surface area contributed by atoms with Crippen LogP contribution < -0.4 is 10.1 Å². The van der Waals surface area contributed by atoms with E-state index in [0.717, 1.165) is 21.7 Å². The number of rotatable bonds is 6. The maximum absolute atomic E-state index is 12.9. The van der Waals surface area contributed by atoms with Gasteiger partial charge in [0.15, 0.2) is 5.65 Å². The molecule has 148 valence electrons. The monoisotopic (exact) mass is 410 g/mol. The van der Waals surface area contributed by atoms with E-state index >= 15 is 0 Å². The van der Waals surface area contributed by atoms with Crippen LogP contribution in [0.5, 0.6) is 5.75 Å². The molecule has 4 aromatic rings. The van der Waals surface area contributed by atoms with Gasteiger partial charge in [0.1, 0.15) is 18.2 Å². The number of nitrogens with one attached hydrogen (secondary N) is 1. The molecule has 0 unspecified atom stereocenters. The minimum Gasteiger partial charge on any atom is -0.492 e. The molecule has 0 aliphatic rings. The molecule has 0 saturated carbocycles. The van der Waals surface area contributed by atoms with Gasteiger partial charge in [-0.15, -0.1) is 11.3 Å². The lowest BCUT2D eigenvalue weighted by molar-refractivity contribution is 0.0948. The standard InChI is InChI=1S/C21H19FN4O2S/c1-13-19-16(21(27)23-9-10-28-15-7-5-14(22)6-8-15)12-17(18-4-3-11-29-18)24-20(19)26(2)25-13/h3-8,11-12H,9-10H2,1-2H3,(H,23,27). The number of carbonyl (C=O) groups excluding carboxylic acids is 1. The second-order valence-corrected chi connectivity index (χ2v) is 7.45. The first kappa shape index (κ1) is 19.1. The Morgan fingerprint density at radius 3 is 2.79 bits per heavy atom. The predicted octanol–water partition coefficient (Wildman–Crippen LogP) is 3.95. The summed E-state index contributed by atoms with van der Waals surface area (Å²) in [7, 11) is 1.82. The summed E-state index contributed by atoms with van der Waals surface area (Å²) in [6.07, 6.45) is 0. The third-order valence-electron chi connectivity index (χ3n) is 4.46. The fraction of sp³-hybridized carbons (Fsp3) is 0.190. The molecule has 6 nitrogen and oxygen atoms in total. The lowest BCUT2D eigenvalue weighted by atomic mass is 10.1. The van der Waals surface area contributed by atoms with Crippen LogP contribution in [-0.2, 0) is 7.05 Å². The zero-order chi connectivity index (χ0) is 20.4. The third kappa shape index (κ3) is 3.97. The van der Waals surface area contributed by atoms with E-state index in [2.05, 4.69) is 10.4 Å². The van der Waals surface area contributed by atoms with Gasteiger partial charge in [-0.3, -0.25) is 9.48 Å². The van der Waals surface area contributed by atoms with Crippen molar-refractivity contribution in [2.75, 3.05) is 13.2 Å². The van der Waals surface area contributed by atoms with E-state index in [0.29, 0.717) is 23.5 Å². The molecule has 1 aromatic carbocycles. The van der Waals surface area contributed by atoms with Crippen LogP contribution in [-0.4, -0.2) is 33.8 Å². The van der Waals surface area contributed by atoms with Crippen LogP contribution >= 0.6 is 11.3 Å². The highest BCUT2D eigenvalue weighted by Crippen LogP contribution is 2.29. The van der Waals surface area contributed by atoms with Gasteiger partial charge in [-0.25, -0.2) is 9.37 Å². The smallest absolute Gasteiger partial charge is 0.252 e. The lowest BCUT2D eigenvalue weighted by Crippen LogP contribution is -2.28. The van der Waals surface area contributed by atoms with Crippen LogP contribution in [0.25, 0.3) is 21.6 Å². The third-order valence-corrected chi connectivity index (χ3v) is 5.35. The summed E-state index contributed by atoms with van der Waals surface area (Å²) in [6, 6.07) is 11.5. The van der Waals surface area contributed by atoms with Gasteiger partial charge in [0, 0.05) is 7.05 Å². The van der Waals surface area contributed by atoms with E-state index in [1.54, 1.807) is 34.2 Å². The van der Waals surface area contributed by atoms with Crippen LogP contribution in [0.3, 0.4) is 0 Å². The number of carbonyl (C=O) groups is 1. The van der Waals surface area contributed by atoms with Crippen molar-refractivity contribution in [3.63, 3.8) is 0 Å². The minimum atomic E-state index is -0.319. The van der Waals surface area contributed by atoms with E-state index in [9.17, 15) is 9.18 Å². The molecule has 3 aromatic heterocycles. The van der Waals surface area contributed by atoms with Gasteiger partial charge in [0.2, 0.25) is 0 Å². The fourth-order valence-corrected chi connectivity index (χ4v) is 3.82. The molecule has 0 spiro atoms. The normalized spacial score (nSPS) is 11.0. The summed E-state index contributed by atoms with van der Waals surface area (Å²) < 4.78 is 20.2. The molecule has 0 saturated heterocycles. The number of aryl methyl sites for hydroxylation is 2. The number of hydrogen-bond donors (Lipinski definition) is 1. The van der Waals surface area contributed by atoms with E-state index in [1.165, 1.54) is 12.1 Å². The minimum absolute atomic E-state index is 0.214. The van der Waals surface area contributed by atoms with Crippen molar-refractivity contribution in [3.05, 3.63) is 64.9 Å². The topological polar surface area (TPSA) is 69.0 Å². The average Bonchev–Trinajstić information content (AvgIpc) is 3.35. The van der Waals surface area contributed by atoms with E-state index in [-0.39, 0.29) is 18.3 Å². The molecule has 8 heteroatoms. The summed E-state index contributed by atoms with van der Waals surface area (Å²) in [5, 5.41) is 10.0. The highest BCUT2D eigenvalue weighted by molar-refractivity contribution is 7.13. The number of thiophene rings is 1. The Hall–Kier alpha value is -3.26. The number of aromatic nitrogens is 3. The van der Waals surface area contributed by atoms with Crippen LogP contribution in [0.2, 0.25) is 0 Å². The summed E-state index contributed by atoms with van der Waals surface area (Å²) in [6.45, 7) is 2.45. The molecule has 29 heavy (non-hydrogen) atoms. The predicted molar refractivity (Wildman–Crippen MR) is 111 cm³/mol. The SMILES string of the molecule is Cc1nn(C)c2nc(-c3cccs3)cc(C(=O)NCCOc3ccc(F)cc3)c12. The van der Waals surface area contributed by atoms with E-state index in [4.69, 9.17) is 9.72 Å². The van der Waals surface area contributed by atoms with Crippen molar-refractivity contribution in [1.82, 2.24) is 20.1 Å². The Morgan fingerprint density at radius 2 is 2.07 bits per heavy atom. The second kappa shape index (κ2) is 8.00. The Balaban J connectivity index is 1.54. The van der Waals surface area contributed by atoms with Crippen molar-refractivity contribution in [2.24, 2.45) is 7.05 Å². The van der Waals surface area contributed by atoms with Gasteiger partial charge in [-0.2, -0.15) is 5.10 Å². The van der Waals surface area contributed by atoms with Gasteiger partial charge in [0.25, 0.3) is 5.91 Å². The number of nitrogens with zero attached hydrogens (tertiary/aromatic N) is 3. The van der Waals surface area contributed by atoms with E-state index < -0.39 is 0 Å². The Kier molecular flexibility index (Phi) is 5.26. The van der Waals surface area contributed by atoms with Crippen molar-refractivity contribution in [1.29, 1.82) is 0 Å². The maximum atomic E-state index is 12.9. The summed E-state index contributed by atoms with van der Waals surface area (Å²) in [4.78, 5) is 18.6. The first-order valence-electron chi connectivity index (χ1n) is 9.07. The lowest BCUT2D eigenvalue weighted by Gasteiger charge is -2.10. The van der Waals surface area contributed by atoms with E-state index in [1.807, 2.05) is 31.5 Å². The second-order valence-electron chi connectivity index (χ2n) is 6.50. The quantitative estimate of drug-likeness (QED) is 0.489. The highest BCUT2D eigenvalue weighted by Gasteiger charge is 2.19. The van der Waals surface area contributed by atoms with Crippen molar-refractivity contribution in [3.8, 4) is 16.3 Å². The maximum Gasteiger partial charge on any atom is 0.252 e. The number of halogens is 1. The molecule has 0 fully saturated rings. The first-order valence-corrected chi connectivity index (χ1v) is 9.95. The molecule has 1 amide bonds. The molecular weight excluding hydrogens is 391 g/mol. The zero-order valence-electron chi connectivity index (χ0n) is 16.0. The van der Waals surface area contributed by atoms with Gasteiger partial charge in [-0.1, -0.05) is 6.07 Å². The number of ether oxygens (including phenoxy) is 1. The average molecular weight is 410 g/mol. The molecular formula is C21H19FN4O2S. The molecule has 1 N–H and O–H groups in total. The first-order chi connectivity index (χ1) is 14.0. The van der Waals surface area contributed by atoms with Crippen LogP contribution in [0.4, 0.5) is 4.39 Å². The zero-order valence-corrected chi connectivity index (χ0v) is 16.8. The number of amides is 1. The Bertz CT molecular complexity index is 1150. The van der Waals surface area contributed by atoms with Crippen molar-refractivity contribution < 1.29 is 13.9 Å². The molecule has 4 rings (SSSR count).